The van der Waals surface area contributed by atoms with Crippen LogP contribution in [0, 0.1) is 11.2 Å². The Morgan fingerprint density at radius 3 is 2.79 bits per heavy atom. The molecule has 7 nitrogen and oxygen atoms in total. The lowest BCUT2D eigenvalue weighted by molar-refractivity contribution is 0.201. The summed E-state index contributed by atoms with van der Waals surface area (Å²) in [6.07, 6.45) is 5.92. The standard InChI is InChI=1S/C16H19FN6O/c1-16(2,3)12(7-24)22-15-11(17)6-20-14(23-15)10-5-19-13-9(10)4-18-8-21-13/h4-6,8,12,24H,7H2,1-3H3,(H,18,19,21)(H,20,22,23)/t12-/m1/s1. The van der Waals surface area contributed by atoms with E-state index < -0.39 is 5.82 Å². The highest BCUT2D eigenvalue weighted by atomic mass is 19.1. The van der Waals surface area contributed by atoms with E-state index in [1.165, 1.54) is 6.33 Å². The first-order chi connectivity index (χ1) is 11.4. The van der Waals surface area contributed by atoms with E-state index in [2.05, 4.69) is 30.2 Å². The van der Waals surface area contributed by atoms with Gasteiger partial charge in [-0.2, -0.15) is 0 Å². The SMILES string of the molecule is CC(C)(C)[C@@H](CO)Nc1nc(-c2c[nH]c3ncncc23)ncc1F. The molecule has 0 aliphatic heterocycles. The smallest absolute Gasteiger partial charge is 0.183 e. The van der Waals surface area contributed by atoms with Crippen molar-refractivity contribution in [3.05, 3.63) is 30.7 Å². The van der Waals surface area contributed by atoms with Gasteiger partial charge in [0.2, 0.25) is 0 Å². The van der Waals surface area contributed by atoms with Crippen molar-refractivity contribution >= 4 is 16.9 Å². The molecule has 126 valence electrons. The molecule has 0 saturated carbocycles. The third kappa shape index (κ3) is 3.05. The van der Waals surface area contributed by atoms with Crippen LogP contribution in [0.4, 0.5) is 10.2 Å². The van der Waals surface area contributed by atoms with Crippen molar-refractivity contribution in [2.45, 2.75) is 26.8 Å². The first kappa shape index (κ1) is 16.3. The number of aliphatic hydroxyl groups is 1. The van der Waals surface area contributed by atoms with Gasteiger partial charge in [0.05, 0.1) is 18.8 Å². The van der Waals surface area contributed by atoms with Crippen molar-refractivity contribution in [1.29, 1.82) is 0 Å². The van der Waals surface area contributed by atoms with Gasteiger partial charge in [0.15, 0.2) is 17.5 Å². The summed E-state index contributed by atoms with van der Waals surface area (Å²) in [7, 11) is 0. The predicted octanol–water partition coefficient (Wildman–Crippen LogP) is 2.37. The minimum absolute atomic E-state index is 0.0557. The number of H-pyrrole nitrogens is 1. The third-order valence-corrected chi connectivity index (χ3v) is 3.88. The van der Waals surface area contributed by atoms with Gasteiger partial charge in [-0.3, -0.25) is 0 Å². The summed E-state index contributed by atoms with van der Waals surface area (Å²) >= 11 is 0. The molecule has 0 aliphatic carbocycles. The average molecular weight is 330 g/mol. The topological polar surface area (TPSA) is 99.6 Å². The van der Waals surface area contributed by atoms with E-state index in [4.69, 9.17) is 0 Å². The molecule has 3 rings (SSSR count). The van der Waals surface area contributed by atoms with Gasteiger partial charge in [-0.25, -0.2) is 24.3 Å². The zero-order valence-electron chi connectivity index (χ0n) is 13.7. The number of nitrogens with zero attached hydrogens (tertiary/aromatic N) is 4. The Hall–Kier alpha value is -2.61. The lowest BCUT2D eigenvalue weighted by atomic mass is 9.87. The van der Waals surface area contributed by atoms with Crippen LogP contribution in [-0.4, -0.2) is 42.7 Å². The molecule has 0 aliphatic rings. The Kier molecular flexibility index (Phi) is 4.15. The molecule has 0 radical (unpaired) electrons. The van der Waals surface area contributed by atoms with E-state index in [0.717, 1.165) is 11.6 Å². The van der Waals surface area contributed by atoms with Crippen molar-refractivity contribution < 1.29 is 9.50 Å². The fourth-order valence-electron chi connectivity index (χ4n) is 2.34. The van der Waals surface area contributed by atoms with Crippen LogP contribution in [-0.2, 0) is 0 Å². The number of fused-ring (bicyclic) bond motifs is 1. The number of aromatic amines is 1. The first-order valence-electron chi connectivity index (χ1n) is 7.57. The van der Waals surface area contributed by atoms with Crippen LogP contribution < -0.4 is 5.32 Å². The van der Waals surface area contributed by atoms with Crippen LogP contribution in [0.1, 0.15) is 20.8 Å². The van der Waals surface area contributed by atoms with E-state index in [9.17, 15) is 9.50 Å². The van der Waals surface area contributed by atoms with E-state index >= 15 is 0 Å². The van der Waals surface area contributed by atoms with Gasteiger partial charge in [-0.05, 0) is 5.41 Å². The molecule has 3 heterocycles. The summed E-state index contributed by atoms with van der Waals surface area (Å²) in [6.45, 7) is 5.73. The maximum Gasteiger partial charge on any atom is 0.183 e. The summed E-state index contributed by atoms with van der Waals surface area (Å²) in [6, 6.07) is -0.346. The van der Waals surface area contributed by atoms with E-state index in [-0.39, 0.29) is 23.9 Å². The van der Waals surface area contributed by atoms with E-state index in [1.54, 1.807) is 12.4 Å². The third-order valence-electron chi connectivity index (χ3n) is 3.88. The average Bonchev–Trinajstić information content (AvgIpc) is 2.97. The number of hydrogen-bond acceptors (Lipinski definition) is 6. The summed E-state index contributed by atoms with van der Waals surface area (Å²) in [4.78, 5) is 19.5. The highest BCUT2D eigenvalue weighted by Gasteiger charge is 2.25. The molecule has 1 atom stereocenters. The molecule has 0 aromatic carbocycles. The minimum atomic E-state index is -0.572. The number of hydrogen-bond donors (Lipinski definition) is 3. The van der Waals surface area contributed by atoms with E-state index in [1.807, 2.05) is 20.8 Å². The molecule has 3 aromatic rings. The van der Waals surface area contributed by atoms with Crippen LogP contribution in [0.5, 0.6) is 0 Å². The fraction of sp³-hybridized carbons (Fsp3) is 0.375. The Labute approximate surface area is 138 Å². The van der Waals surface area contributed by atoms with Gasteiger partial charge in [0.25, 0.3) is 0 Å². The molecule has 0 spiro atoms. The molecule has 0 amide bonds. The number of anilines is 1. The Bertz CT molecular complexity index is 857. The van der Waals surface area contributed by atoms with Gasteiger partial charge >= 0.3 is 0 Å². The Morgan fingerprint density at radius 1 is 1.29 bits per heavy atom. The van der Waals surface area contributed by atoms with Crippen molar-refractivity contribution in [3.63, 3.8) is 0 Å². The zero-order valence-corrected chi connectivity index (χ0v) is 13.7. The summed E-state index contributed by atoms with van der Waals surface area (Å²) in [5.41, 5.74) is 1.08. The van der Waals surface area contributed by atoms with Gasteiger partial charge < -0.3 is 15.4 Å². The molecule has 0 bridgehead atoms. The molecule has 3 aromatic heterocycles. The van der Waals surface area contributed by atoms with Crippen LogP contribution in [0.15, 0.2) is 24.9 Å². The number of nitrogens with one attached hydrogen (secondary N) is 2. The largest absolute Gasteiger partial charge is 0.394 e. The lowest BCUT2D eigenvalue weighted by Gasteiger charge is -2.30. The monoisotopic (exact) mass is 330 g/mol. The van der Waals surface area contributed by atoms with Crippen LogP contribution in [0.2, 0.25) is 0 Å². The molecule has 0 fully saturated rings. The van der Waals surface area contributed by atoms with Crippen LogP contribution in [0.25, 0.3) is 22.4 Å². The minimum Gasteiger partial charge on any atom is -0.394 e. The molecule has 24 heavy (non-hydrogen) atoms. The number of rotatable bonds is 4. The second-order valence-corrected chi connectivity index (χ2v) is 6.62. The van der Waals surface area contributed by atoms with Gasteiger partial charge in [-0.15, -0.1) is 0 Å². The van der Waals surface area contributed by atoms with Crippen molar-refractivity contribution in [3.8, 4) is 11.4 Å². The Morgan fingerprint density at radius 2 is 2.08 bits per heavy atom. The zero-order chi connectivity index (χ0) is 17.3. The number of halogens is 1. The predicted molar refractivity (Wildman–Crippen MR) is 88.8 cm³/mol. The number of aromatic nitrogens is 5. The summed E-state index contributed by atoms with van der Waals surface area (Å²) in [5.74, 6) is -0.164. The lowest BCUT2D eigenvalue weighted by Crippen LogP contribution is -2.37. The van der Waals surface area contributed by atoms with Crippen LogP contribution in [0.3, 0.4) is 0 Å². The highest BCUT2D eigenvalue weighted by Crippen LogP contribution is 2.27. The molecule has 8 heteroatoms. The second-order valence-electron chi connectivity index (χ2n) is 6.62. The van der Waals surface area contributed by atoms with Crippen molar-refractivity contribution in [1.82, 2.24) is 24.9 Å². The summed E-state index contributed by atoms with van der Waals surface area (Å²) < 4.78 is 14.1. The molecular weight excluding hydrogens is 311 g/mol. The normalized spacial score (nSPS) is 13.2. The molecule has 3 N–H and O–H groups in total. The molecule has 0 saturated heterocycles. The van der Waals surface area contributed by atoms with Crippen LogP contribution >= 0.6 is 0 Å². The van der Waals surface area contributed by atoms with Gasteiger partial charge in [0.1, 0.15) is 12.0 Å². The fourth-order valence-corrected chi connectivity index (χ4v) is 2.34. The van der Waals surface area contributed by atoms with E-state index in [0.29, 0.717) is 17.0 Å². The highest BCUT2D eigenvalue weighted by molar-refractivity contribution is 5.90. The first-order valence-corrected chi connectivity index (χ1v) is 7.57. The quantitative estimate of drug-likeness (QED) is 0.679. The second kappa shape index (κ2) is 6.12. The summed E-state index contributed by atoms with van der Waals surface area (Å²) in [5, 5.41) is 13.3. The maximum absolute atomic E-state index is 14.1. The maximum atomic E-state index is 14.1. The number of aliphatic hydroxyl groups excluding tert-OH is 1. The van der Waals surface area contributed by atoms with Gasteiger partial charge in [0, 0.05) is 23.3 Å². The molecule has 0 unspecified atom stereocenters. The van der Waals surface area contributed by atoms with Crippen molar-refractivity contribution in [2.24, 2.45) is 5.41 Å². The Balaban J connectivity index is 2.00. The van der Waals surface area contributed by atoms with Crippen molar-refractivity contribution in [2.75, 3.05) is 11.9 Å². The molecular formula is C16H19FN6O. The van der Waals surface area contributed by atoms with Gasteiger partial charge in [-0.1, -0.05) is 20.8 Å².